The van der Waals surface area contributed by atoms with Gasteiger partial charge in [-0.25, -0.2) is 19.2 Å². The summed E-state index contributed by atoms with van der Waals surface area (Å²) in [6.45, 7) is 2.93. The van der Waals surface area contributed by atoms with Gasteiger partial charge in [0.05, 0.1) is 18.6 Å². The summed E-state index contributed by atoms with van der Waals surface area (Å²) in [5, 5.41) is 0.813. The maximum atomic E-state index is 14.0. The van der Waals surface area contributed by atoms with Crippen LogP contribution in [0.1, 0.15) is 16.3 Å². The highest BCUT2D eigenvalue weighted by atomic mass is 32.2. The molecule has 1 aliphatic heterocycles. The molecule has 0 N–H and O–H groups in total. The van der Waals surface area contributed by atoms with Crippen molar-refractivity contribution >= 4 is 29.2 Å². The van der Waals surface area contributed by atoms with Gasteiger partial charge in [-0.05, 0) is 24.3 Å². The van der Waals surface area contributed by atoms with Crippen molar-refractivity contribution in [3.63, 3.8) is 0 Å². The average Bonchev–Trinajstić information content (AvgIpc) is 3.27. The highest BCUT2D eigenvalue weighted by Gasteiger charge is 2.20. The van der Waals surface area contributed by atoms with Crippen LogP contribution in [0.5, 0.6) is 0 Å². The fourth-order valence-electron chi connectivity index (χ4n) is 3.28. The van der Waals surface area contributed by atoms with Crippen LogP contribution in [0.2, 0.25) is 0 Å². The van der Waals surface area contributed by atoms with E-state index < -0.39 is 5.97 Å². The first kappa shape index (κ1) is 20.2. The molecular formula is C21H21FN4O3S. The molecule has 1 aliphatic rings. The summed E-state index contributed by atoms with van der Waals surface area (Å²) in [6, 6.07) is 12.1. The second-order valence-electron chi connectivity index (χ2n) is 6.69. The van der Waals surface area contributed by atoms with Crippen molar-refractivity contribution in [1.29, 1.82) is 0 Å². The molecule has 4 rings (SSSR count). The normalized spacial score (nSPS) is 14.1. The van der Waals surface area contributed by atoms with Gasteiger partial charge >= 0.3 is 5.97 Å². The summed E-state index contributed by atoms with van der Waals surface area (Å²) >= 11 is 1.50. The van der Waals surface area contributed by atoms with Crippen molar-refractivity contribution in [1.82, 2.24) is 9.97 Å². The summed E-state index contributed by atoms with van der Waals surface area (Å²) in [7, 11) is 1.32. The molecule has 0 amide bonds. The van der Waals surface area contributed by atoms with Gasteiger partial charge in [0.25, 0.3) is 0 Å². The van der Waals surface area contributed by atoms with Gasteiger partial charge in [0.15, 0.2) is 0 Å². The Hall–Kier alpha value is -3.07. The Morgan fingerprint density at radius 1 is 1.13 bits per heavy atom. The van der Waals surface area contributed by atoms with Gasteiger partial charge < -0.3 is 19.0 Å². The average molecular weight is 428 g/mol. The third-order valence-electron chi connectivity index (χ3n) is 4.83. The summed E-state index contributed by atoms with van der Waals surface area (Å²) in [5.74, 6) is 1.54. The monoisotopic (exact) mass is 428 g/mol. The van der Waals surface area contributed by atoms with Crippen LogP contribution in [-0.4, -0.2) is 49.2 Å². The summed E-state index contributed by atoms with van der Waals surface area (Å²) in [6.07, 6.45) is 1.54. The predicted molar refractivity (Wildman–Crippen MR) is 112 cm³/mol. The van der Waals surface area contributed by atoms with Crippen molar-refractivity contribution in [2.24, 2.45) is 0 Å². The number of ether oxygens (including phenoxy) is 1. The molecule has 1 aromatic carbocycles. The van der Waals surface area contributed by atoms with Gasteiger partial charge in [-0.3, -0.25) is 0 Å². The molecule has 156 valence electrons. The zero-order valence-corrected chi connectivity index (χ0v) is 17.3. The molecule has 0 atom stereocenters. The molecule has 0 unspecified atom stereocenters. The number of furan rings is 1. The Bertz CT molecular complexity index is 1020. The number of thioether (sulfide) groups is 1. The zero-order valence-electron chi connectivity index (χ0n) is 16.5. The SMILES string of the molecule is COC(=O)c1ccc(CSc2cc(N3CCN(c4ccccc4F)CC3)ncn2)o1. The lowest BCUT2D eigenvalue weighted by atomic mass is 10.2. The van der Waals surface area contributed by atoms with Gasteiger partial charge in [-0.1, -0.05) is 23.9 Å². The van der Waals surface area contributed by atoms with Crippen LogP contribution >= 0.6 is 11.8 Å². The third-order valence-corrected chi connectivity index (χ3v) is 5.78. The number of hydrogen-bond acceptors (Lipinski definition) is 8. The molecular weight excluding hydrogens is 407 g/mol. The Morgan fingerprint density at radius 3 is 2.67 bits per heavy atom. The second-order valence-corrected chi connectivity index (χ2v) is 7.68. The quantitative estimate of drug-likeness (QED) is 0.335. The van der Waals surface area contributed by atoms with Gasteiger partial charge in [0, 0.05) is 32.2 Å². The molecule has 30 heavy (non-hydrogen) atoms. The van der Waals surface area contributed by atoms with Crippen LogP contribution < -0.4 is 9.80 Å². The number of benzene rings is 1. The van der Waals surface area contributed by atoms with Crippen LogP contribution in [0.4, 0.5) is 15.9 Å². The van der Waals surface area contributed by atoms with Crippen LogP contribution in [-0.2, 0) is 10.5 Å². The van der Waals surface area contributed by atoms with Gasteiger partial charge in [-0.2, -0.15) is 0 Å². The predicted octanol–water partition coefficient (Wildman–Crippen LogP) is 3.61. The fraction of sp³-hybridized carbons (Fsp3) is 0.286. The van der Waals surface area contributed by atoms with E-state index in [0.29, 0.717) is 17.2 Å². The number of methoxy groups -OCH3 is 1. The number of halogens is 1. The highest BCUT2D eigenvalue weighted by molar-refractivity contribution is 7.98. The Kier molecular flexibility index (Phi) is 6.18. The van der Waals surface area contributed by atoms with Crippen LogP contribution in [0.25, 0.3) is 0 Å². The summed E-state index contributed by atoms with van der Waals surface area (Å²) in [4.78, 5) is 24.4. The van der Waals surface area contributed by atoms with Crippen LogP contribution in [0, 0.1) is 5.82 Å². The minimum atomic E-state index is -0.495. The molecule has 0 aliphatic carbocycles. The topological polar surface area (TPSA) is 71.7 Å². The van der Waals surface area contributed by atoms with Crippen LogP contribution in [0.3, 0.4) is 0 Å². The fourth-order valence-corrected chi connectivity index (χ4v) is 4.03. The number of esters is 1. The molecule has 0 radical (unpaired) electrons. The van der Waals surface area contributed by atoms with E-state index in [1.54, 1.807) is 24.5 Å². The van der Waals surface area contributed by atoms with Crippen molar-refractivity contribution in [2.75, 3.05) is 43.1 Å². The molecule has 2 aromatic heterocycles. The van der Waals surface area contributed by atoms with E-state index in [2.05, 4.69) is 24.5 Å². The lowest BCUT2D eigenvalue weighted by Crippen LogP contribution is -2.47. The van der Waals surface area contributed by atoms with Crippen molar-refractivity contribution in [3.8, 4) is 0 Å². The second kappa shape index (κ2) is 9.17. The maximum Gasteiger partial charge on any atom is 0.373 e. The van der Waals surface area contributed by atoms with E-state index in [0.717, 1.165) is 37.0 Å². The summed E-state index contributed by atoms with van der Waals surface area (Å²) in [5.41, 5.74) is 0.640. The lowest BCUT2D eigenvalue weighted by Gasteiger charge is -2.36. The number of anilines is 2. The molecule has 7 nitrogen and oxygen atoms in total. The van der Waals surface area contributed by atoms with E-state index in [1.165, 1.54) is 24.9 Å². The smallest absolute Gasteiger partial charge is 0.373 e. The van der Waals surface area contributed by atoms with Gasteiger partial charge in [0.1, 0.15) is 28.7 Å². The van der Waals surface area contributed by atoms with E-state index in [1.807, 2.05) is 18.2 Å². The maximum absolute atomic E-state index is 14.0. The first-order valence-electron chi connectivity index (χ1n) is 9.50. The Morgan fingerprint density at radius 2 is 1.90 bits per heavy atom. The minimum absolute atomic E-state index is 0.184. The Balaban J connectivity index is 1.35. The number of hydrogen-bond donors (Lipinski definition) is 0. The molecule has 0 bridgehead atoms. The summed E-state index contributed by atoms with van der Waals surface area (Å²) < 4.78 is 24.2. The number of para-hydroxylation sites is 1. The van der Waals surface area contributed by atoms with E-state index in [-0.39, 0.29) is 11.6 Å². The van der Waals surface area contributed by atoms with Gasteiger partial charge in [0.2, 0.25) is 5.76 Å². The lowest BCUT2D eigenvalue weighted by molar-refractivity contribution is 0.0563. The molecule has 0 spiro atoms. The van der Waals surface area contributed by atoms with Crippen molar-refractivity contribution < 1.29 is 18.3 Å². The number of nitrogens with zero attached hydrogens (tertiary/aromatic N) is 4. The highest BCUT2D eigenvalue weighted by Crippen LogP contribution is 2.26. The Labute approximate surface area is 177 Å². The first-order chi connectivity index (χ1) is 14.6. The van der Waals surface area contributed by atoms with E-state index in [9.17, 15) is 9.18 Å². The van der Waals surface area contributed by atoms with Gasteiger partial charge in [-0.15, -0.1) is 0 Å². The number of carbonyl (C=O) groups excluding carboxylic acids is 1. The number of aromatic nitrogens is 2. The van der Waals surface area contributed by atoms with Crippen molar-refractivity contribution in [3.05, 3.63) is 66.1 Å². The largest absolute Gasteiger partial charge is 0.463 e. The first-order valence-corrected chi connectivity index (χ1v) is 10.5. The molecule has 3 aromatic rings. The third kappa shape index (κ3) is 4.56. The molecule has 1 saturated heterocycles. The molecule has 0 saturated carbocycles. The van der Waals surface area contributed by atoms with Crippen molar-refractivity contribution in [2.45, 2.75) is 10.8 Å². The number of rotatable bonds is 6. The zero-order chi connectivity index (χ0) is 20.9. The molecule has 9 heteroatoms. The molecule has 1 fully saturated rings. The number of piperazine rings is 1. The number of carbonyl (C=O) groups is 1. The standard InChI is InChI=1S/C21H21FN4O3S/c1-28-21(27)18-7-6-15(29-18)13-30-20-12-19(23-14-24-20)26-10-8-25(9-11-26)17-5-3-2-4-16(17)22/h2-7,12,14H,8-11,13H2,1H3. The van der Waals surface area contributed by atoms with Crippen LogP contribution in [0.15, 0.2) is 58.2 Å². The van der Waals surface area contributed by atoms with E-state index >= 15 is 0 Å². The molecule has 3 heterocycles. The minimum Gasteiger partial charge on any atom is -0.463 e. The van der Waals surface area contributed by atoms with E-state index in [4.69, 9.17) is 4.42 Å².